The summed E-state index contributed by atoms with van der Waals surface area (Å²) in [5.74, 6) is 0.472. The third-order valence-corrected chi connectivity index (χ3v) is 4.42. The second-order valence-corrected chi connectivity index (χ2v) is 6.36. The highest BCUT2D eigenvalue weighted by Crippen LogP contribution is 2.29. The number of carbonyl (C=O) groups is 1. The van der Waals surface area contributed by atoms with Crippen molar-refractivity contribution in [2.24, 2.45) is 0 Å². The number of carbonyl (C=O) groups excluding carboxylic acids is 1. The lowest BCUT2D eigenvalue weighted by atomic mass is 10.2. The van der Waals surface area contributed by atoms with Crippen molar-refractivity contribution in [3.05, 3.63) is 41.3 Å². The summed E-state index contributed by atoms with van der Waals surface area (Å²) < 4.78 is 39.5. The highest BCUT2D eigenvalue weighted by atomic mass is 19.4. The maximum Gasteiger partial charge on any atom is 0.417 e. The Balaban J connectivity index is 1.57. The van der Waals surface area contributed by atoms with Gasteiger partial charge in [-0.2, -0.15) is 18.3 Å². The standard InChI is InChI=1S/C17H20F3N5O/c1-12-9-13(2)25(22-12)11-16(26)24-7-5-23(6-8-24)15-4-3-14(10-21-15)17(18,19)20/h3-4,9-10H,5-8,11H2,1-2H3. The number of anilines is 1. The van der Waals surface area contributed by atoms with Crippen LogP contribution in [0.25, 0.3) is 0 Å². The minimum Gasteiger partial charge on any atom is -0.353 e. The molecular formula is C17H20F3N5O. The second-order valence-electron chi connectivity index (χ2n) is 6.36. The van der Waals surface area contributed by atoms with Gasteiger partial charge in [-0.25, -0.2) is 4.98 Å². The molecule has 3 rings (SSSR count). The van der Waals surface area contributed by atoms with Gasteiger partial charge in [0.1, 0.15) is 12.4 Å². The molecule has 1 aliphatic heterocycles. The molecule has 140 valence electrons. The molecule has 9 heteroatoms. The molecule has 0 N–H and O–H groups in total. The van der Waals surface area contributed by atoms with Crippen molar-refractivity contribution in [1.29, 1.82) is 0 Å². The number of hydrogen-bond donors (Lipinski definition) is 0. The zero-order valence-corrected chi connectivity index (χ0v) is 14.6. The van der Waals surface area contributed by atoms with E-state index in [1.807, 2.05) is 24.8 Å². The quantitative estimate of drug-likeness (QED) is 0.835. The summed E-state index contributed by atoms with van der Waals surface area (Å²) in [7, 11) is 0. The Morgan fingerprint density at radius 1 is 1.15 bits per heavy atom. The Morgan fingerprint density at radius 2 is 1.85 bits per heavy atom. The van der Waals surface area contributed by atoms with Crippen LogP contribution in [0.1, 0.15) is 17.0 Å². The molecule has 1 amide bonds. The van der Waals surface area contributed by atoms with Crippen LogP contribution in [-0.4, -0.2) is 51.8 Å². The van der Waals surface area contributed by atoms with E-state index in [0.717, 1.165) is 23.7 Å². The van der Waals surface area contributed by atoms with Gasteiger partial charge in [0, 0.05) is 38.1 Å². The van der Waals surface area contributed by atoms with Crippen molar-refractivity contribution in [3.63, 3.8) is 0 Å². The maximum absolute atomic E-state index is 12.6. The molecule has 1 aliphatic rings. The van der Waals surface area contributed by atoms with Crippen LogP contribution in [0.2, 0.25) is 0 Å². The van der Waals surface area contributed by atoms with Crippen molar-refractivity contribution in [2.45, 2.75) is 26.6 Å². The Bertz CT molecular complexity index is 777. The predicted molar refractivity (Wildman–Crippen MR) is 89.7 cm³/mol. The SMILES string of the molecule is Cc1cc(C)n(CC(=O)N2CCN(c3ccc(C(F)(F)F)cn3)CC2)n1. The first-order valence-electron chi connectivity index (χ1n) is 8.31. The molecule has 0 saturated carbocycles. The maximum atomic E-state index is 12.6. The normalized spacial score (nSPS) is 15.4. The van der Waals surface area contributed by atoms with Gasteiger partial charge >= 0.3 is 6.18 Å². The fourth-order valence-electron chi connectivity index (χ4n) is 2.99. The summed E-state index contributed by atoms with van der Waals surface area (Å²) in [4.78, 5) is 20.0. The molecule has 0 spiro atoms. The molecule has 1 fully saturated rings. The third-order valence-electron chi connectivity index (χ3n) is 4.42. The average molecular weight is 367 g/mol. The summed E-state index contributed by atoms with van der Waals surface area (Å²) in [5.41, 5.74) is 1.04. The second kappa shape index (κ2) is 6.97. The molecule has 6 nitrogen and oxygen atoms in total. The Labute approximate surface area is 149 Å². The van der Waals surface area contributed by atoms with Gasteiger partial charge in [-0.05, 0) is 32.0 Å². The fourth-order valence-corrected chi connectivity index (χ4v) is 2.99. The minimum atomic E-state index is -4.39. The number of hydrogen-bond acceptors (Lipinski definition) is 4. The molecular weight excluding hydrogens is 347 g/mol. The number of piperazine rings is 1. The van der Waals surface area contributed by atoms with E-state index in [1.165, 1.54) is 6.07 Å². The molecule has 0 unspecified atom stereocenters. The molecule has 0 radical (unpaired) electrons. The lowest BCUT2D eigenvalue weighted by Crippen LogP contribution is -2.50. The largest absolute Gasteiger partial charge is 0.417 e. The van der Waals surface area contributed by atoms with Gasteiger partial charge in [-0.1, -0.05) is 0 Å². The molecule has 2 aromatic heterocycles. The lowest BCUT2D eigenvalue weighted by Gasteiger charge is -2.35. The first-order chi connectivity index (χ1) is 12.2. The van der Waals surface area contributed by atoms with Crippen molar-refractivity contribution < 1.29 is 18.0 Å². The molecule has 2 aromatic rings. The van der Waals surface area contributed by atoms with Crippen LogP contribution in [0.5, 0.6) is 0 Å². The van der Waals surface area contributed by atoms with Gasteiger partial charge < -0.3 is 9.80 Å². The highest BCUT2D eigenvalue weighted by Gasteiger charge is 2.31. The number of nitrogens with zero attached hydrogens (tertiary/aromatic N) is 5. The average Bonchev–Trinajstić information content (AvgIpc) is 2.91. The first-order valence-corrected chi connectivity index (χ1v) is 8.31. The molecule has 1 saturated heterocycles. The molecule has 0 aromatic carbocycles. The number of amides is 1. The summed E-state index contributed by atoms with van der Waals surface area (Å²) in [6.45, 7) is 6.04. The summed E-state index contributed by atoms with van der Waals surface area (Å²) >= 11 is 0. The van der Waals surface area contributed by atoms with Crippen LogP contribution in [0, 0.1) is 13.8 Å². The van der Waals surface area contributed by atoms with Gasteiger partial charge in [0.2, 0.25) is 5.91 Å². The van der Waals surface area contributed by atoms with E-state index in [-0.39, 0.29) is 12.5 Å². The first kappa shape index (κ1) is 18.2. The number of aryl methyl sites for hydroxylation is 2. The van der Waals surface area contributed by atoms with E-state index in [2.05, 4.69) is 10.1 Å². The van der Waals surface area contributed by atoms with E-state index in [0.29, 0.717) is 32.0 Å². The molecule has 0 bridgehead atoms. The van der Waals surface area contributed by atoms with Gasteiger partial charge in [-0.3, -0.25) is 9.48 Å². The number of alkyl halides is 3. The van der Waals surface area contributed by atoms with E-state index in [1.54, 1.807) is 9.58 Å². The van der Waals surface area contributed by atoms with Crippen molar-refractivity contribution in [3.8, 4) is 0 Å². The van der Waals surface area contributed by atoms with E-state index in [9.17, 15) is 18.0 Å². The monoisotopic (exact) mass is 367 g/mol. The zero-order chi connectivity index (χ0) is 18.9. The predicted octanol–water partition coefficient (Wildman–Crippen LogP) is 2.26. The third kappa shape index (κ3) is 3.97. The number of rotatable bonds is 3. The summed E-state index contributed by atoms with van der Waals surface area (Å²) in [6, 6.07) is 4.32. The van der Waals surface area contributed by atoms with Crippen LogP contribution in [0.15, 0.2) is 24.4 Å². The van der Waals surface area contributed by atoms with Crippen molar-refractivity contribution >= 4 is 11.7 Å². The number of halogens is 3. The van der Waals surface area contributed by atoms with Gasteiger partial charge in [0.15, 0.2) is 0 Å². The lowest BCUT2D eigenvalue weighted by molar-refractivity contribution is -0.138. The Hall–Kier alpha value is -2.58. The zero-order valence-electron chi connectivity index (χ0n) is 14.6. The van der Waals surface area contributed by atoms with Crippen molar-refractivity contribution in [1.82, 2.24) is 19.7 Å². The van der Waals surface area contributed by atoms with Crippen molar-refractivity contribution in [2.75, 3.05) is 31.1 Å². The summed E-state index contributed by atoms with van der Waals surface area (Å²) in [6.07, 6.45) is -3.55. The minimum absolute atomic E-state index is 0.0174. The molecule has 3 heterocycles. The van der Waals surface area contributed by atoms with E-state index in [4.69, 9.17) is 0 Å². The van der Waals surface area contributed by atoms with Gasteiger partial charge in [0.25, 0.3) is 0 Å². The van der Waals surface area contributed by atoms with Crippen LogP contribution in [0.4, 0.5) is 19.0 Å². The Kier molecular flexibility index (Phi) is 4.88. The van der Waals surface area contributed by atoms with E-state index < -0.39 is 11.7 Å². The number of aromatic nitrogens is 3. The highest BCUT2D eigenvalue weighted by molar-refractivity contribution is 5.76. The van der Waals surface area contributed by atoms with Gasteiger partial charge in [-0.15, -0.1) is 0 Å². The smallest absolute Gasteiger partial charge is 0.353 e. The van der Waals surface area contributed by atoms with E-state index >= 15 is 0 Å². The topological polar surface area (TPSA) is 54.3 Å². The molecule has 26 heavy (non-hydrogen) atoms. The molecule has 0 atom stereocenters. The van der Waals surface area contributed by atoms with Gasteiger partial charge in [0.05, 0.1) is 11.3 Å². The number of pyridine rings is 1. The fraction of sp³-hybridized carbons (Fsp3) is 0.471. The molecule has 0 aliphatic carbocycles. The summed E-state index contributed by atoms with van der Waals surface area (Å²) in [5, 5.41) is 4.29. The van der Waals surface area contributed by atoms with Crippen LogP contribution < -0.4 is 4.90 Å². The van der Waals surface area contributed by atoms with Crippen LogP contribution in [0.3, 0.4) is 0 Å². The van der Waals surface area contributed by atoms with Crippen LogP contribution in [-0.2, 0) is 17.5 Å². The van der Waals surface area contributed by atoms with Crippen LogP contribution >= 0.6 is 0 Å². The Morgan fingerprint density at radius 3 is 2.35 bits per heavy atom.